The van der Waals surface area contributed by atoms with Gasteiger partial charge in [-0.15, -0.1) is 0 Å². The molecule has 1 atom stereocenters. The molecule has 1 aliphatic rings. The van der Waals surface area contributed by atoms with Gasteiger partial charge in [-0.3, -0.25) is 0 Å². The molecule has 0 aromatic heterocycles. The van der Waals surface area contributed by atoms with Gasteiger partial charge in [-0.1, -0.05) is 90.4 Å². The molecule has 0 aromatic rings. The van der Waals surface area contributed by atoms with Crippen LogP contribution in [0.3, 0.4) is 0 Å². The van der Waals surface area contributed by atoms with Crippen molar-refractivity contribution in [2.24, 2.45) is 0 Å². The van der Waals surface area contributed by atoms with Gasteiger partial charge in [0, 0.05) is 13.2 Å². The second-order valence-corrected chi connectivity index (χ2v) is 7.78. The zero-order valence-electron chi connectivity index (χ0n) is 16.5. The molecule has 0 saturated carbocycles. The number of ether oxygens (including phenoxy) is 2. The second kappa shape index (κ2) is 15.2. The minimum Gasteiger partial charge on any atom is -0.378 e. The second-order valence-electron chi connectivity index (χ2n) is 7.78. The molecule has 2 heteroatoms. The normalized spacial score (nSPS) is 20.8. The Labute approximate surface area is 152 Å². The van der Waals surface area contributed by atoms with Gasteiger partial charge in [-0.05, 0) is 26.2 Å². The molecule has 1 fully saturated rings. The number of hydrogen-bond acceptors (Lipinski definition) is 2. The third kappa shape index (κ3) is 12.3. The highest BCUT2D eigenvalue weighted by Gasteiger charge is 2.29. The first-order valence-electron chi connectivity index (χ1n) is 10.8. The third-order valence-corrected chi connectivity index (χ3v) is 5.19. The van der Waals surface area contributed by atoms with Crippen molar-refractivity contribution in [1.29, 1.82) is 0 Å². The summed E-state index contributed by atoms with van der Waals surface area (Å²) in [6.45, 7) is 8.82. The lowest BCUT2D eigenvalue weighted by Crippen LogP contribution is -2.30. The molecular formula is C22H43O2. The van der Waals surface area contributed by atoms with Crippen LogP contribution in [0.5, 0.6) is 0 Å². The van der Waals surface area contributed by atoms with E-state index in [4.69, 9.17) is 9.47 Å². The Hall–Kier alpha value is -0.0800. The molecule has 24 heavy (non-hydrogen) atoms. The first kappa shape index (κ1) is 22.0. The summed E-state index contributed by atoms with van der Waals surface area (Å²) in [6.07, 6.45) is 21.8. The summed E-state index contributed by atoms with van der Waals surface area (Å²) in [5.41, 5.74) is -0.240. The van der Waals surface area contributed by atoms with Gasteiger partial charge < -0.3 is 9.47 Å². The van der Waals surface area contributed by atoms with Crippen molar-refractivity contribution >= 4 is 0 Å². The molecule has 1 radical (unpaired) electrons. The molecule has 0 N–H and O–H groups in total. The molecule has 0 bridgehead atoms. The van der Waals surface area contributed by atoms with E-state index < -0.39 is 0 Å². The number of hydrogen-bond donors (Lipinski definition) is 0. The molecule has 0 spiro atoms. The van der Waals surface area contributed by atoms with E-state index in [1.165, 1.54) is 89.9 Å². The van der Waals surface area contributed by atoms with Crippen molar-refractivity contribution < 1.29 is 9.47 Å². The summed E-state index contributed by atoms with van der Waals surface area (Å²) in [5, 5.41) is 0. The van der Waals surface area contributed by atoms with Crippen LogP contribution < -0.4 is 0 Å². The highest BCUT2D eigenvalue weighted by molar-refractivity contribution is 4.87. The maximum atomic E-state index is 5.74. The number of unbranched alkanes of at least 4 members (excludes halogenated alkanes) is 13. The van der Waals surface area contributed by atoms with Gasteiger partial charge in [0.05, 0.1) is 12.2 Å². The molecule has 0 aliphatic carbocycles. The van der Waals surface area contributed by atoms with Crippen LogP contribution in [0, 0.1) is 6.92 Å². The van der Waals surface area contributed by atoms with Crippen LogP contribution >= 0.6 is 0 Å². The van der Waals surface area contributed by atoms with E-state index in [1.807, 2.05) is 0 Å². The summed E-state index contributed by atoms with van der Waals surface area (Å²) < 4.78 is 11.4. The summed E-state index contributed by atoms with van der Waals surface area (Å²) in [6, 6.07) is 0. The predicted octanol–water partition coefficient (Wildman–Crippen LogP) is 6.87. The van der Waals surface area contributed by atoms with Gasteiger partial charge in [0.1, 0.15) is 0 Å². The molecular weight excluding hydrogens is 296 g/mol. The first-order valence-corrected chi connectivity index (χ1v) is 10.8. The van der Waals surface area contributed by atoms with Crippen LogP contribution in [0.2, 0.25) is 0 Å². The average molecular weight is 340 g/mol. The monoisotopic (exact) mass is 339 g/mol. The van der Waals surface area contributed by atoms with Gasteiger partial charge in [0.15, 0.2) is 0 Å². The Morgan fingerprint density at radius 2 is 1.29 bits per heavy atom. The smallest absolute Gasteiger partial charge is 0.0916 e. The zero-order valence-corrected chi connectivity index (χ0v) is 16.5. The lowest BCUT2D eigenvalue weighted by molar-refractivity contribution is -0.0346. The molecule has 1 heterocycles. The standard InChI is InChI=1S/C22H43O2/c1-3-4-5-6-7-8-9-10-11-12-13-14-15-16-19-23-21-22(2)18-17-20-24-22/h2-21H2,1H3. The van der Waals surface area contributed by atoms with E-state index in [2.05, 4.69) is 13.8 Å². The summed E-state index contributed by atoms with van der Waals surface area (Å²) in [5.74, 6) is 0. The van der Waals surface area contributed by atoms with E-state index in [1.54, 1.807) is 0 Å². The van der Waals surface area contributed by atoms with Crippen LogP contribution in [0.4, 0.5) is 0 Å². The van der Waals surface area contributed by atoms with Crippen LogP contribution in [0.15, 0.2) is 0 Å². The average Bonchev–Trinajstić information content (AvgIpc) is 3.01. The fourth-order valence-corrected chi connectivity index (χ4v) is 3.53. The molecule has 1 aliphatic heterocycles. The molecule has 2 nitrogen and oxygen atoms in total. The van der Waals surface area contributed by atoms with Crippen LogP contribution in [0.1, 0.15) is 110 Å². The Morgan fingerprint density at radius 1 is 0.792 bits per heavy atom. The van der Waals surface area contributed by atoms with Gasteiger partial charge in [-0.25, -0.2) is 0 Å². The van der Waals surface area contributed by atoms with Crippen LogP contribution in [-0.4, -0.2) is 25.4 Å². The van der Waals surface area contributed by atoms with E-state index in [0.717, 1.165) is 26.1 Å². The van der Waals surface area contributed by atoms with E-state index in [0.29, 0.717) is 6.61 Å². The fraction of sp³-hybridized carbons (Fsp3) is 0.955. The third-order valence-electron chi connectivity index (χ3n) is 5.19. The van der Waals surface area contributed by atoms with Crippen molar-refractivity contribution in [1.82, 2.24) is 0 Å². The lowest BCUT2D eigenvalue weighted by Gasteiger charge is -2.22. The summed E-state index contributed by atoms with van der Waals surface area (Å²) in [4.78, 5) is 0. The summed E-state index contributed by atoms with van der Waals surface area (Å²) >= 11 is 0. The molecule has 0 aromatic carbocycles. The minimum absolute atomic E-state index is 0.240. The maximum Gasteiger partial charge on any atom is 0.0916 e. The highest BCUT2D eigenvalue weighted by atomic mass is 16.5. The van der Waals surface area contributed by atoms with Gasteiger partial charge in [0.25, 0.3) is 0 Å². The maximum absolute atomic E-state index is 5.74. The minimum atomic E-state index is -0.240. The van der Waals surface area contributed by atoms with Crippen molar-refractivity contribution in [2.75, 3.05) is 19.8 Å². The Bertz CT molecular complexity index is 259. The van der Waals surface area contributed by atoms with E-state index in [-0.39, 0.29) is 5.60 Å². The Kier molecular flexibility index (Phi) is 13.9. The largest absolute Gasteiger partial charge is 0.378 e. The van der Waals surface area contributed by atoms with Gasteiger partial charge in [0.2, 0.25) is 0 Å². The van der Waals surface area contributed by atoms with Crippen molar-refractivity contribution in [2.45, 2.75) is 115 Å². The topological polar surface area (TPSA) is 18.5 Å². The fourth-order valence-electron chi connectivity index (χ4n) is 3.53. The first-order chi connectivity index (χ1) is 11.8. The quantitative estimate of drug-likeness (QED) is 0.269. The molecule has 1 rings (SSSR count). The molecule has 0 amide bonds. The molecule has 143 valence electrons. The van der Waals surface area contributed by atoms with Crippen molar-refractivity contribution in [3.8, 4) is 0 Å². The van der Waals surface area contributed by atoms with E-state index in [9.17, 15) is 0 Å². The number of rotatable bonds is 17. The predicted molar refractivity (Wildman–Crippen MR) is 104 cm³/mol. The summed E-state index contributed by atoms with van der Waals surface area (Å²) in [7, 11) is 0. The van der Waals surface area contributed by atoms with E-state index >= 15 is 0 Å². The Balaban J connectivity index is 1.69. The SMILES string of the molecule is [CH2]C1(COCCCCCCCCCCCCCCCC)CCCO1. The molecule has 1 unspecified atom stereocenters. The zero-order chi connectivity index (χ0) is 17.3. The lowest BCUT2D eigenvalue weighted by atomic mass is 10.0. The van der Waals surface area contributed by atoms with Gasteiger partial charge in [-0.2, -0.15) is 0 Å². The van der Waals surface area contributed by atoms with Gasteiger partial charge >= 0.3 is 0 Å². The van der Waals surface area contributed by atoms with Crippen molar-refractivity contribution in [3.05, 3.63) is 6.92 Å². The highest BCUT2D eigenvalue weighted by Crippen LogP contribution is 2.24. The molecule has 1 saturated heterocycles. The van der Waals surface area contributed by atoms with Crippen molar-refractivity contribution in [3.63, 3.8) is 0 Å². The van der Waals surface area contributed by atoms with Crippen LogP contribution in [0.25, 0.3) is 0 Å². The Morgan fingerprint density at radius 3 is 1.75 bits per heavy atom. The van der Waals surface area contributed by atoms with Crippen LogP contribution in [-0.2, 0) is 9.47 Å².